The van der Waals surface area contributed by atoms with E-state index in [1.807, 2.05) is 0 Å². The number of nitrogens with one attached hydrogen (secondary N) is 2. The van der Waals surface area contributed by atoms with Crippen LogP contribution in [0.4, 0.5) is 11.4 Å². The van der Waals surface area contributed by atoms with Crippen molar-refractivity contribution in [3.63, 3.8) is 0 Å². The second kappa shape index (κ2) is 12.3. The second-order valence-electron chi connectivity index (χ2n) is 9.64. The summed E-state index contributed by atoms with van der Waals surface area (Å²) in [5.41, 5.74) is 0.507. The molecular weight excluding hydrogens is 570 g/mol. The number of benzene rings is 3. The summed E-state index contributed by atoms with van der Waals surface area (Å²) in [5, 5.41) is 0. The lowest BCUT2D eigenvalue weighted by Gasteiger charge is -2.30. The maximum absolute atomic E-state index is 13.2. The summed E-state index contributed by atoms with van der Waals surface area (Å²) < 4.78 is 73.0. The van der Waals surface area contributed by atoms with Crippen molar-refractivity contribution in [1.29, 1.82) is 0 Å². The van der Waals surface area contributed by atoms with Crippen LogP contribution in [0.15, 0.2) is 70.5 Å². The number of carbonyl (C=O) groups is 1. The van der Waals surface area contributed by atoms with Gasteiger partial charge in [-0.2, -0.15) is 0 Å². The maximum atomic E-state index is 13.2. The Morgan fingerprint density at radius 2 is 1.37 bits per heavy atom. The van der Waals surface area contributed by atoms with Gasteiger partial charge in [-0.1, -0.05) is 6.92 Å². The molecular formula is C28H33N3O8S2. The zero-order chi connectivity index (χ0) is 29.8. The molecule has 0 aromatic heterocycles. The van der Waals surface area contributed by atoms with Crippen LogP contribution in [0.5, 0.6) is 17.2 Å². The van der Waals surface area contributed by atoms with E-state index in [-0.39, 0.29) is 44.1 Å². The zero-order valence-corrected chi connectivity index (χ0v) is 24.8. The van der Waals surface area contributed by atoms with Crippen LogP contribution in [-0.4, -0.2) is 62.1 Å². The Kier molecular flexibility index (Phi) is 8.98. The summed E-state index contributed by atoms with van der Waals surface area (Å²) in [6.45, 7) is 3.32. The molecule has 0 radical (unpaired) electrons. The van der Waals surface area contributed by atoms with Gasteiger partial charge in [-0.25, -0.2) is 16.8 Å². The molecule has 3 aromatic rings. The van der Waals surface area contributed by atoms with Gasteiger partial charge in [-0.05, 0) is 73.4 Å². The number of methoxy groups -OCH3 is 3. The molecule has 41 heavy (non-hydrogen) atoms. The number of hydrogen-bond acceptors (Lipinski definition) is 8. The Labute approximate surface area is 240 Å². The van der Waals surface area contributed by atoms with E-state index in [0.717, 1.165) is 12.8 Å². The third-order valence-electron chi connectivity index (χ3n) is 6.85. The summed E-state index contributed by atoms with van der Waals surface area (Å²) in [4.78, 5) is 14.7. The number of likely N-dealkylation sites (tertiary alicyclic amines) is 1. The lowest BCUT2D eigenvalue weighted by atomic mass is 9.98. The van der Waals surface area contributed by atoms with Crippen molar-refractivity contribution in [1.82, 2.24) is 4.90 Å². The highest BCUT2D eigenvalue weighted by atomic mass is 32.2. The summed E-state index contributed by atoms with van der Waals surface area (Å²) in [6, 6.07) is 14.0. The lowest BCUT2D eigenvalue weighted by molar-refractivity contribution is 0.0693. The number of rotatable bonds is 10. The molecule has 1 aliphatic rings. The van der Waals surface area contributed by atoms with Gasteiger partial charge in [0.2, 0.25) is 0 Å². The van der Waals surface area contributed by atoms with Crippen molar-refractivity contribution in [3.05, 3.63) is 66.2 Å². The van der Waals surface area contributed by atoms with Gasteiger partial charge < -0.3 is 19.1 Å². The average Bonchev–Trinajstić information content (AvgIpc) is 2.97. The molecule has 4 rings (SSSR count). The van der Waals surface area contributed by atoms with Gasteiger partial charge in [-0.3, -0.25) is 14.2 Å². The van der Waals surface area contributed by atoms with E-state index in [4.69, 9.17) is 14.2 Å². The van der Waals surface area contributed by atoms with Gasteiger partial charge in [0, 0.05) is 24.8 Å². The van der Waals surface area contributed by atoms with Gasteiger partial charge in [-0.15, -0.1) is 0 Å². The summed E-state index contributed by atoms with van der Waals surface area (Å²) in [7, 11) is -3.82. The zero-order valence-electron chi connectivity index (χ0n) is 23.2. The Balaban J connectivity index is 1.52. The van der Waals surface area contributed by atoms with E-state index in [9.17, 15) is 21.6 Å². The first-order chi connectivity index (χ1) is 19.5. The molecule has 220 valence electrons. The maximum Gasteiger partial charge on any atom is 0.262 e. The molecule has 13 heteroatoms. The number of anilines is 2. The summed E-state index contributed by atoms with van der Waals surface area (Å²) >= 11 is 0. The van der Waals surface area contributed by atoms with E-state index >= 15 is 0 Å². The molecule has 1 heterocycles. The normalized spacial score (nSPS) is 14.3. The molecule has 0 atom stereocenters. The smallest absolute Gasteiger partial charge is 0.262 e. The fraction of sp³-hybridized carbons (Fsp3) is 0.321. The van der Waals surface area contributed by atoms with Crippen molar-refractivity contribution in [2.24, 2.45) is 5.92 Å². The van der Waals surface area contributed by atoms with Crippen molar-refractivity contribution in [3.8, 4) is 17.2 Å². The number of nitrogens with zero attached hydrogens (tertiary/aromatic N) is 1. The van der Waals surface area contributed by atoms with Crippen LogP contribution in [0.3, 0.4) is 0 Å². The van der Waals surface area contributed by atoms with E-state index in [1.54, 1.807) is 17.0 Å². The highest BCUT2D eigenvalue weighted by Crippen LogP contribution is 2.31. The monoisotopic (exact) mass is 603 g/mol. The Bertz CT molecular complexity index is 1620. The minimum Gasteiger partial charge on any atom is -0.497 e. The first-order valence-corrected chi connectivity index (χ1v) is 15.8. The molecule has 0 saturated carbocycles. The number of carbonyl (C=O) groups excluding carboxylic acids is 1. The number of sulfonamides is 2. The van der Waals surface area contributed by atoms with Gasteiger partial charge >= 0.3 is 0 Å². The highest BCUT2D eigenvalue weighted by Gasteiger charge is 2.26. The minimum absolute atomic E-state index is 0.0912. The molecule has 0 spiro atoms. The molecule has 0 bridgehead atoms. The third-order valence-corrected chi connectivity index (χ3v) is 9.61. The van der Waals surface area contributed by atoms with Crippen LogP contribution in [0.2, 0.25) is 0 Å². The molecule has 1 fully saturated rings. The van der Waals surface area contributed by atoms with E-state index in [2.05, 4.69) is 16.4 Å². The minimum atomic E-state index is -4.12. The van der Waals surface area contributed by atoms with Crippen LogP contribution >= 0.6 is 0 Å². The van der Waals surface area contributed by atoms with Gasteiger partial charge in [0.1, 0.15) is 17.2 Å². The SMILES string of the molecule is COc1ccc(NS(=O)(=O)c2ccc(NS(=O)(=O)c3ccc(OC)c(C(=O)N4CCC(C)CC4)c3)cc2)c(OC)c1. The third kappa shape index (κ3) is 6.85. The number of amides is 1. The predicted octanol–water partition coefficient (Wildman–Crippen LogP) is 4.19. The molecule has 1 amide bonds. The Morgan fingerprint density at radius 1 is 0.756 bits per heavy atom. The molecule has 0 aliphatic carbocycles. The molecule has 2 N–H and O–H groups in total. The highest BCUT2D eigenvalue weighted by molar-refractivity contribution is 7.93. The quantitative estimate of drug-likeness (QED) is 0.352. The van der Waals surface area contributed by atoms with E-state index < -0.39 is 20.0 Å². The van der Waals surface area contributed by atoms with E-state index in [1.165, 1.54) is 69.9 Å². The number of piperidine rings is 1. The van der Waals surface area contributed by atoms with Gasteiger partial charge in [0.05, 0.1) is 42.4 Å². The van der Waals surface area contributed by atoms with Gasteiger partial charge in [0.15, 0.2) is 0 Å². The standard InChI is InChI=1S/C28H33N3O8S2/c1-19-13-15-31(16-14-19)28(32)24-18-23(10-12-26(24)38-3)41(35,36)29-20-5-8-22(9-6-20)40(33,34)30-25-11-7-21(37-2)17-27(25)39-4/h5-12,17-19,29-30H,13-16H2,1-4H3. The number of ether oxygens (including phenoxy) is 3. The van der Waals surface area contributed by atoms with Crippen molar-refractivity contribution in [2.75, 3.05) is 43.9 Å². The lowest BCUT2D eigenvalue weighted by Crippen LogP contribution is -2.38. The fourth-order valence-electron chi connectivity index (χ4n) is 4.41. The van der Waals surface area contributed by atoms with Crippen molar-refractivity contribution >= 4 is 37.3 Å². The predicted molar refractivity (Wildman–Crippen MR) is 155 cm³/mol. The van der Waals surface area contributed by atoms with Crippen LogP contribution in [-0.2, 0) is 20.0 Å². The first kappa shape index (κ1) is 30.0. The Morgan fingerprint density at radius 3 is 1.98 bits per heavy atom. The van der Waals surface area contributed by atoms with E-state index in [0.29, 0.717) is 24.8 Å². The summed E-state index contributed by atoms with van der Waals surface area (Å²) in [6.07, 6.45) is 1.75. The first-order valence-electron chi connectivity index (χ1n) is 12.8. The van der Waals surface area contributed by atoms with Crippen LogP contribution in [0.25, 0.3) is 0 Å². The summed E-state index contributed by atoms with van der Waals surface area (Å²) in [5.74, 6) is 1.28. The largest absolute Gasteiger partial charge is 0.497 e. The van der Waals surface area contributed by atoms with Crippen molar-refractivity contribution < 1.29 is 35.8 Å². The van der Waals surface area contributed by atoms with Gasteiger partial charge in [0.25, 0.3) is 26.0 Å². The van der Waals surface area contributed by atoms with Crippen LogP contribution < -0.4 is 23.7 Å². The average molecular weight is 604 g/mol. The molecule has 3 aromatic carbocycles. The molecule has 1 aliphatic heterocycles. The molecule has 1 saturated heterocycles. The fourth-order valence-corrected chi connectivity index (χ4v) is 6.56. The van der Waals surface area contributed by atoms with Crippen molar-refractivity contribution in [2.45, 2.75) is 29.6 Å². The molecule has 0 unspecified atom stereocenters. The van der Waals surface area contributed by atoms with Crippen LogP contribution in [0, 0.1) is 5.92 Å². The second-order valence-corrected chi connectivity index (χ2v) is 13.0. The topological polar surface area (TPSA) is 140 Å². The van der Waals surface area contributed by atoms with Crippen LogP contribution in [0.1, 0.15) is 30.1 Å². The Hall–Kier alpha value is -3.97. The molecule has 11 nitrogen and oxygen atoms in total. The number of hydrogen-bond donors (Lipinski definition) is 2.